The lowest BCUT2D eigenvalue weighted by Crippen LogP contribution is -2.02. The number of esters is 2. The maximum atomic E-state index is 10.7. The average molecular weight is 318 g/mol. The van der Waals surface area contributed by atoms with Crippen LogP contribution >= 0.6 is 0 Å². The normalized spacial score (nSPS) is 8.73. The molecular formula is C17H34O5. The Morgan fingerprint density at radius 1 is 0.682 bits per heavy atom. The third kappa shape index (κ3) is 27.0. The van der Waals surface area contributed by atoms with Crippen molar-refractivity contribution in [1.29, 1.82) is 0 Å². The highest BCUT2D eigenvalue weighted by molar-refractivity contribution is 5.69. The van der Waals surface area contributed by atoms with Gasteiger partial charge in [0.15, 0.2) is 0 Å². The predicted molar refractivity (Wildman–Crippen MR) is 88.7 cm³/mol. The van der Waals surface area contributed by atoms with Gasteiger partial charge in [0.25, 0.3) is 0 Å². The fraction of sp³-hybridized carbons (Fsp3) is 0.824. The van der Waals surface area contributed by atoms with Gasteiger partial charge in [-0.3, -0.25) is 9.59 Å². The maximum Gasteiger partial charge on any atom is 0.305 e. The topological polar surface area (TPSA) is 69.7 Å². The van der Waals surface area contributed by atoms with Crippen LogP contribution in [0.5, 0.6) is 0 Å². The van der Waals surface area contributed by atoms with E-state index in [1.807, 2.05) is 20.6 Å². The number of rotatable bonds is 10. The lowest BCUT2D eigenvalue weighted by Gasteiger charge is -1.99. The molecule has 0 N–H and O–H groups in total. The van der Waals surface area contributed by atoms with Crippen LogP contribution < -0.4 is 0 Å². The average Bonchev–Trinajstić information content (AvgIpc) is 2.51. The molecule has 0 aliphatic rings. The molecule has 0 saturated heterocycles. The highest BCUT2D eigenvalue weighted by Crippen LogP contribution is 2.00. The Kier molecular flexibility index (Phi) is 28.6. The van der Waals surface area contributed by atoms with Crippen molar-refractivity contribution in [2.75, 3.05) is 13.2 Å². The van der Waals surface area contributed by atoms with E-state index in [0.29, 0.717) is 26.1 Å². The quantitative estimate of drug-likeness (QED) is 0.448. The molecule has 22 heavy (non-hydrogen) atoms. The molecule has 0 atom stereocenters. The Bertz CT molecular complexity index is 217. The van der Waals surface area contributed by atoms with Crippen molar-refractivity contribution < 1.29 is 23.9 Å². The summed E-state index contributed by atoms with van der Waals surface area (Å²) in [7, 11) is 0. The smallest absolute Gasteiger partial charge is 0.305 e. The minimum atomic E-state index is -0.0593. The predicted octanol–water partition coefficient (Wildman–Crippen LogP) is 4.07. The summed E-state index contributed by atoms with van der Waals surface area (Å²) >= 11 is 0. The monoisotopic (exact) mass is 318 g/mol. The van der Waals surface area contributed by atoms with E-state index in [9.17, 15) is 9.59 Å². The molecule has 0 spiro atoms. The summed E-state index contributed by atoms with van der Waals surface area (Å²) < 4.78 is 9.50. The van der Waals surface area contributed by atoms with Crippen LogP contribution in [0.3, 0.4) is 0 Å². The Balaban J connectivity index is -0.000000294. The van der Waals surface area contributed by atoms with Crippen molar-refractivity contribution in [3.8, 4) is 0 Å². The van der Waals surface area contributed by atoms with Gasteiger partial charge in [-0.1, -0.05) is 39.5 Å². The van der Waals surface area contributed by atoms with E-state index in [1.165, 1.54) is 0 Å². The fourth-order valence-corrected chi connectivity index (χ4v) is 1.50. The van der Waals surface area contributed by atoms with Gasteiger partial charge < -0.3 is 14.3 Å². The molecule has 0 aliphatic heterocycles. The van der Waals surface area contributed by atoms with E-state index in [4.69, 9.17) is 14.3 Å². The number of ether oxygens (including phenoxy) is 2. The molecule has 0 bridgehead atoms. The Morgan fingerprint density at radius 2 is 1.00 bits per heavy atom. The number of hydrogen-bond donors (Lipinski definition) is 0. The van der Waals surface area contributed by atoms with Crippen molar-refractivity contribution in [2.24, 2.45) is 0 Å². The second-order valence-corrected chi connectivity index (χ2v) is 4.52. The van der Waals surface area contributed by atoms with E-state index in [0.717, 1.165) is 38.5 Å². The largest absolute Gasteiger partial charge is 0.466 e. The first kappa shape index (κ1) is 25.6. The van der Waals surface area contributed by atoms with Crippen molar-refractivity contribution in [1.82, 2.24) is 0 Å². The number of carbonyl (C=O) groups excluding carboxylic acids is 3. The van der Waals surface area contributed by atoms with Gasteiger partial charge >= 0.3 is 11.9 Å². The number of hydrogen-bond acceptors (Lipinski definition) is 5. The van der Waals surface area contributed by atoms with Gasteiger partial charge in [-0.25, -0.2) is 0 Å². The van der Waals surface area contributed by atoms with Gasteiger partial charge in [-0.05, 0) is 26.7 Å². The minimum Gasteiger partial charge on any atom is -0.466 e. The fourth-order valence-electron chi connectivity index (χ4n) is 1.50. The van der Waals surface area contributed by atoms with Crippen LogP contribution in [0.1, 0.15) is 79.1 Å². The third-order valence-corrected chi connectivity index (χ3v) is 2.58. The standard InChI is InChI=1S/2C8H16O2.CH2O/c2*1-3-5-6-7-8(9)10-4-2;1-2/h2*3-7H2,1-2H3;1H2. The molecule has 0 aliphatic carbocycles. The van der Waals surface area contributed by atoms with E-state index in [2.05, 4.69) is 13.8 Å². The molecule has 0 fully saturated rings. The molecule has 0 rings (SSSR count). The van der Waals surface area contributed by atoms with Crippen molar-refractivity contribution in [3.63, 3.8) is 0 Å². The molecule has 0 aromatic carbocycles. The zero-order chi connectivity index (χ0) is 17.6. The Morgan fingerprint density at radius 3 is 1.23 bits per heavy atom. The molecule has 0 unspecified atom stereocenters. The molecular weight excluding hydrogens is 284 g/mol. The number of unbranched alkanes of at least 4 members (excludes halogenated alkanes) is 4. The molecule has 0 aromatic heterocycles. The van der Waals surface area contributed by atoms with Crippen LogP contribution in [0.15, 0.2) is 0 Å². The van der Waals surface area contributed by atoms with Crippen molar-refractivity contribution in [3.05, 3.63) is 0 Å². The first-order valence-corrected chi connectivity index (χ1v) is 8.22. The lowest BCUT2D eigenvalue weighted by atomic mass is 10.2. The van der Waals surface area contributed by atoms with Crippen LogP contribution in [0.4, 0.5) is 0 Å². The second-order valence-electron chi connectivity index (χ2n) is 4.52. The summed E-state index contributed by atoms with van der Waals surface area (Å²) in [6.45, 7) is 10.9. The van der Waals surface area contributed by atoms with Gasteiger partial charge in [0.1, 0.15) is 6.79 Å². The van der Waals surface area contributed by atoms with Gasteiger partial charge in [0, 0.05) is 12.8 Å². The van der Waals surface area contributed by atoms with Crippen molar-refractivity contribution >= 4 is 18.7 Å². The van der Waals surface area contributed by atoms with Crippen LogP contribution in [-0.2, 0) is 23.9 Å². The first-order chi connectivity index (χ1) is 10.6. The first-order valence-electron chi connectivity index (χ1n) is 8.22. The van der Waals surface area contributed by atoms with Crippen LogP contribution in [0.2, 0.25) is 0 Å². The van der Waals surface area contributed by atoms with Crippen LogP contribution in [0.25, 0.3) is 0 Å². The van der Waals surface area contributed by atoms with E-state index in [-0.39, 0.29) is 11.9 Å². The molecule has 0 heterocycles. The van der Waals surface area contributed by atoms with E-state index in [1.54, 1.807) is 0 Å². The van der Waals surface area contributed by atoms with Crippen LogP contribution in [0, 0.1) is 0 Å². The summed E-state index contributed by atoms with van der Waals surface area (Å²) in [6, 6.07) is 0. The van der Waals surface area contributed by atoms with Gasteiger partial charge in [0.05, 0.1) is 13.2 Å². The SMILES string of the molecule is C=O.CCCCCC(=O)OCC.CCCCCC(=O)OCC. The summed E-state index contributed by atoms with van der Waals surface area (Å²) in [5, 5.41) is 0. The highest BCUT2D eigenvalue weighted by atomic mass is 16.5. The molecule has 0 amide bonds. The minimum absolute atomic E-state index is 0.0593. The van der Waals surface area contributed by atoms with Gasteiger partial charge in [-0.2, -0.15) is 0 Å². The summed E-state index contributed by atoms with van der Waals surface area (Å²) in [5.41, 5.74) is 0. The van der Waals surface area contributed by atoms with Crippen molar-refractivity contribution in [2.45, 2.75) is 79.1 Å². The van der Waals surface area contributed by atoms with Gasteiger partial charge in [-0.15, -0.1) is 0 Å². The molecule has 0 radical (unpaired) electrons. The van der Waals surface area contributed by atoms with E-state index >= 15 is 0 Å². The summed E-state index contributed by atoms with van der Waals surface area (Å²) in [5.74, 6) is -0.119. The highest BCUT2D eigenvalue weighted by Gasteiger charge is 1.99. The van der Waals surface area contributed by atoms with E-state index < -0.39 is 0 Å². The number of carbonyl (C=O) groups is 3. The van der Waals surface area contributed by atoms with Gasteiger partial charge in [0.2, 0.25) is 0 Å². The maximum absolute atomic E-state index is 10.7. The Hall–Kier alpha value is -1.39. The second kappa shape index (κ2) is 24.6. The lowest BCUT2D eigenvalue weighted by molar-refractivity contribution is -0.144. The van der Waals surface area contributed by atoms with Crippen LogP contribution in [-0.4, -0.2) is 31.9 Å². The third-order valence-electron chi connectivity index (χ3n) is 2.58. The Labute approximate surface area is 135 Å². The zero-order valence-electron chi connectivity index (χ0n) is 14.8. The molecule has 0 aromatic rings. The molecule has 132 valence electrons. The summed E-state index contributed by atoms with van der Waals surface area (Å²) in [6.07, 6.45) is 7.66. The zero-order valence-corrected chi connectivity index (χ0v) is 14.8. The molecule has 0 saturated carbocycles. The molecule has 5 nitrogen and oxygen atoms in total. The summed E-state index contributed by atoms with van der Waals surface area (Å²) in [4.78, 5) is 29.4. The molecule has 5 heteroatoms.